The molecule has 0 spiro atoms. The number of hydrogen-bond acceptors (Lipinski definition) is 6. The van der Waals surface area contributed by atoms with Crippen LogP contribution in [0.3, 0.4) is 0 Å². The Morgan fingerprint density at radius 2 is 2.18 bits per heavy atom. The number of carbonyl (C=O) groups excluding carboxylic acids is 1. The van der Waals surface area contributed by atoms with E-state index < -0.39 is 0 Å². The predicted molar refractivity (Wildman–Crippen MR) is 67.9 cm³/mol. The Labute approximate surface area is 100 Å². The van der Waals surface area contributed by atoms with Gasteiger partial charge in [0.15, 0.2) is 0 Å². The molecule has 1 aromatic heterocycles. The minimum absolute atomic E-state index is 0.0740. The lowest BCUT2D eigenvalue weighted by atomic mass is 10.4. The van der Waals surface area contributed by atoms with E-state index in [1.165, 1.54) is 0 Å². The van der Waals surface area contributed by atoms with E-state index in [1.54, 1.807) is 20.2 Å². The summed E-state index contributed by atoms with van der Waals surface area (Å²) in [6, 6.07) is 1.75. The molecule has 1 rings (SSSR count). The van der Waals surface area contributed by atoms with Crippen LogP contribution in [-0.2, 0) is 4.79 Å². The third-order valence-electron chi connectivity index (χ3n) is 2.31. The standard InChI is InChI=1S/C10H18N6O/c1-4-16(6-9(17)13-3)8-5-7(12-2)14-10(11)15-8/h5H,4,6H2,1-3H3,(H,13,17)(H3,11,12,14,15). The van der Waals surface area contributed by atoms with Crippen LogP contribution in [0.2, 0.25) is 0 Å². The number of nitrogen functional groups attached to an aromatic ring is 1. The minimum atomic E-state index is -0.0740. The highest BCUT2D eigenvalue weighted by Gasteiger charge is 2.11. The molecule has 0 saturated heterocycles. The number of hydrogen-bond donors (Lipinski definition) is 3. The van der Waals surface area contributed by atoms with Gasteiger partial charge in [-0.2, -0.15) is 9.97 Å². The minimum Gasteiger partial charge on any atom is -0.373 e. The molecule has 0 atom stereocenters. The molecule has 1 amide bonds. The Morgan fingerprint density at radius 3 is 2.71 bits per heavy atom. The molecule has 0 aliphatic carbocycles. The normalized spacial score (nSPS) is 9.82. The summed E-state index contributed by atoms with van der Waals surface area (Å²) in [7, 11) is 3.35. The zero-order valence-corrected chi connectivity index (χ0v) is 10.3. The Hall–Kier alpha value is -2.05. The lowest BCUT2D eigenvalue weighted by Gasteiger charge is -2.21. The summed E-state index contributed by atoms with van der Waals surface area (Å²) in [5, 5.41) is 5.47. The van der Waals surface area contributed by atoms with Gasteiger partial charge in [-0.1, -0.05) is 0 Å². The van der Waals surface area contributed by atoms with Gasteiger partial charge in [0.2, 0.25) is 11.9 Å². The fraction of sp³-hybridized carbons (Fsp3) is 0.500. The molecule has 0 radical (unpaired) electrons. The van der Waals surface area contributed by atoms with Gasteiger partial charge in [0, 0.05) is 26.7 Å². The third-order valence-corrected chi connectivity index (χ3v) is 2.31. The van der Waals surface area contributed by atoms with E-state index in [2.05, 4.69) is 20.6 Å². The lowest BCUT2D eigenvalue weighted by Crippen LogP contribution is -2.36. The molecule has 0 aliphatic heterocycles. The van der Waals surface area contributed by atoms with Crippen LogP contribution in [0.25, 0.3) is 0 Å². The van der Waals surface area contributed by atoms with E-state index in [0.29, 0.717) is 18.2 Å². The molecular weight excluding hydrogens is 220 g/mol. The molecule has 0 fully saturated rings. The van der Waals surface area contributed by atoms with Crippen LogP contribution in [0, 0.1) is 0 Å². The molecule has 7 heteroatoms. The number of nitrogens with one attached hydrogen (secondary N) is 2. The second kappa shape index (κ2) is 5.88. The van der Waals surface area contributed by atoms with Crippen LogP contribution in [0.15, 0.2) is 6.07 Å². The van der Waals surface area contributed by atoms with Crippen LogP contribution >= 0.6 is 0 Å². The van der Waals surface area contributed by atoms with Crippen molar-refractivity contribution >= 4 is 23.5 Å². The second-order valence-electron chi connectivity index (χ2n) is 3.41. The molecule has 0 aromatic carbocycles. The first-order valence-corrected chi connectivity index (χ1v) is 5.38. The molecule has 1 aromatic rings. The second-order valence-corrected chi connectivity index (χ2v) is 3.41. The first-order valence-electron chi connectivity index (χ1n) is 5.38. The Morgan fingerprint density at radius 1 is 1.47 bits per heavy atom. The molecule has 0 saturated carbocycles. The number of rotatable bonds is 5. The quantitative estimate of drug-likeness (QED) is 0.650. The number of carbonyl (C=O) groups is 1. The molecule has 0 bridgehead atoms. The van der Waals surface area contributed by atoms with Crippen molar-refractivity contribution in [2.45, 2.75) is 6.92 Å². The number of anilines is 3. The Balaban J connectivity index is 2.94. The van der Waals surface area contributed by atoms with Gasteiger partial charge in [0.05, 0.1) is 6.54 Å². The Bertz CT molecular complexity index is 394. The average Bonchev–Trinajstić information content (AvgIpc) is 2.34. The van der Waals surface area contributed by atoms with Gasteiger partial charge in [-0.3, -0.25) is 4.79 Å². The van der Waals surface area contributed by atoms with E-state index in [0.717, 1.165) is 0 Å². The topological polar surface area (TPSA) is 96.2 Å². The van der Waals surface area contributed by atoms with Crippen molar-refractivity contribution in [3.63, 3.8) is 0 Å². The van der Waals surface area contributed by atoms with Crippen molar-refractivity contribution in [2.75, 3.05) is 43.1 Å². The summed E-state index contributed by atoms with van der Waals surface area (Å²) < 4.78 is 0. The zero-order chi connectivity index (χ0) is 12.8. The van der Waals surface area contributed by atoms with Crippen molar-refractivity contribution in [2.24, 2.45) is 0 Å². The summed E-state index contributed by atoms with van der Waals surface area (Å²) in [5.41, 5.74) is 5.60. The zero-order valence-electron chi connectivity index (χ0n) is 10.3. The van der Waals surface area contributed by atoms with Gasteiger partial charge in [0.25, 0.3) is 0 Å². The number of likely N-dealkylation sites (N-methyl/N-ethyl adjacent to an activating group) is 2. The summed E-state index contributed by atoms with van der Waals surface area (Å²) >= 11 is 0. The molecule has 17 heavy (non-hydrogen) atoms. The highest BCUT2D eigenvalue weighted by Crippen LogP contribution is 2.16. The molecule has 94 valence electrons. The average molecular weight is 238 g/mol. The largest absolute Gasteiger partial charge is 0.373 e. The van der Waals surface area contributed by atoms with E-state index in [4.69, 9.17) is 5.73 Å². The van der Waals surface area contributed by atoms with E-state index in [1.807, 2.05) is 11.8 Å². The summed E-state index contributed by atoms with van der Waals surface area (Å²) in [6.45, 7) is 2.85. The van der Waals surface area contributed by atoms with Crippen LogP contribution in [0.5, 0.6) is 0 Å². The van der Waals surface area contributed by atoms with Gasteiger partial charge in [-0.15, -0.1) is 0 Å². The van der Waals surface area contributed by atoms with E-state index in [9.17, 15) is 4.79 Å². The summed E-state index contributed by atoms with van der Waals surface area (Å²) in [6.07, 6.45) is 0. The maximum absolute atomic E-state index is 11.4. The molecule has 0 unspecified atom stereocenters. The van der Waals surface area contributed by atoms with Crippen LogP contribution < -0.4 is 21.3 Å². The number of nitrogens with two attached hydrogens (primary N) is 1. The highest BCUT2D eigenvalue weighted by molar-refractivity contribution is 5.80. The first-order chi connectivity index (χ1) is 8.10. The van der Waals surface area contributed by atoms with Gasteiger partial charge in [0.1, 0.15) is 11.6 Å². The maximum Gasteiger partial charge on any atom is 0.239 e. The van der Waals surface area contributed by atoms with Crippen LogP contribution in [0.1, 0.15) is 6.92 Å². The van der Waals surface area contributed by atoms with Gasteiger partial charge >= 0.3 is 0 Å². The fourth-order valence-corrected chi connectivity index (χ4v) is 1.35. The monoisotopic (exact) mass is 238 g/mol. The van der Waals surface area contributed by atoms with Crippen molar-refractivity contribution in [3.8, 4) is 0 Å². The number of amides is 1. The van der Waals surface area contributed by atoms with Gasteiger partial charge < -0.3 is 21.3 Å². The van der Waals surface area contributed by atoms with Crippen molar-refractivity contribution in [3.05, 3.63) is 6.07 Å². The highest BCUT2D eigenvalue weighted by atomic mass is 16.1. The van der Waals surface area contributed by atoms with Crippen LogP contribution in [0.4, 0.5) is 17.6 Å². The van der Waals surface area contributed by atoms with Gasteiger partial charge in [-0.25, -0.2) is 0 Å². The third kappa shape index (κ3) is 3.47. The van der Waals surface area contributed by atoms with E-state index in [-0.39, 0.29) is 18.4 Å². The van der Waals surface area contributed by atoms with E-state index >= 15 is 0 Å². The lowest BCUT2D eigenvalue weighted by molar-refractivity contribution is -0.119. The molecular formula is C10H18N6O. The first kappa shape index (κ1) is 13.0. The molecule has 4 N–H and O–H groups in total. The number of aromatic nitrogens is 2. The maximum atomic E-state index is 11.4. The summed E-state index contributed by atoms with van der Waals surface area (Å²) in [4.78, 5) is 21.3. The van der Waals surface area contributed by atoms with Gasteiger partial charge in [-0.05, 0) is 6.92 Å². The molecule has 0 aliphatic rings. The Kier molecular flexibility index (Phi) is 4.50. The number of nitrogens with zero attached hydrogens (tertiary/aromatic N) is 3. The fourth-order valence-electron chi connectivity index (χ4n) is 1.35. The van der Waals surface area contributed by atoms with Crippen molar-refractivity contribution in [1.82, 2.24) is 15.3 Å². The van der Waals surface area contributed by atoms with Crippen LogP contribution in [-0.4, -0.2) is 43.1 Å². The SMILES string of the molecule is CCN(CC(=O)NC)c1cc(NC)nc(N)n1. The smallest absolute Gasteiger partial charge is 0.239 e. The molecule has 7 nitrogen and oxygen atoms in total. The molecule has 1 heterocycles. The van der Waals surface area contributed by atoms with Crippen molar-refractivity contribution in [1.29, 1.82) is 0 Å². The van der Waals surface area contributed by atoms with Crippen molar-refractivity contribution < 1.29 is 4.79 Å². The predicted octanol–water partition coefficient (Wildman–Crippen LogP) is -0.327. The summed E-state index contributed by atoms with van der Waals surface area (Å²) in [5.74, 6) is 1.37.